The van der Waals surface area contributed by atoms with E-state index in [4.69, 9.17) is 10.00 Å². The average molecular weight is 454 g/mol. The van der Waals surface area contributed by atoms with Gasteiger partial charge in [-0.05, 0) is 24.6 Å². The number of hydrogen-bond acceptors (Lipinski definition) is 5. The number of anilines is 1. The Morgan fingerprint density at radius 3 is 2.53 bits per heavy atom. The number of nitrogens with one attached hydrogen (secondary N) is 1. The van der Waals surface area contributed by atoms with E-state index in [1.165, 1.54) is 18.1 Å². The number of halogens is 3. The highest BCUT2D eigenvalue weighted by molar-refractivity contribution is 5.90. The molecule has 1 heterocycles. The third-order valence-corrected chi connectivity index (χ3v) is 5.81. The summed E-state index contributed by atoms with van der Waals surface area (Å²) in [6, 6.07) is 4.18. The molecule has 10 heteroatoms. The van der Waals surface area contributed by atoms with E-state index in [9.17, 15) is 22.8 Å². The normalized spacial score (nSPS) is 17.1. The van der Waals surface area contributed by atoms with Gasteiger partial charge >= 0.3 is 6.18 Å². The topological polar surface area (TPSA) is 85.7 Å². The van der Waals surface area contributed by atoms with Crippen molar-refractivity contribution in [3.05, 3.63) is 29.3 Å². The first kappa shape index (κ1) is 25.5. The fraction of sp³-hybridized carbons (Fsp3) is 0.591. The van der Waals surface area contributed by atoms with Crippen LogP contribution in [-0.4, -0.2) is 62.7 Å². The number of methoxy groups -OCH3 is 1. The van der Waals surface area contributed by atoms with Crippen molar-refractivity contribution >= 4 is 17.5 Å². The lowest BCUT2D eigenvalue weighted by atomic mass is 9.87. The largest absolute Gasteiger partial charge is 0.417 e. The van der Waals surface area contributed by atoms with Crippen LogP contribution < -0.4 is 10.2 Å². The highest BCUT2D eigenvalue weighted by Gasteiger charge is 2.41. The van der Waals surface area contributed by atoms with Crippen LogP contribution in [0.2, 0.25) is 0 Å². The number of benzene rings is 1. The van der Waals surface area contributed by atoms with E-state index in [-0.39, 0.29) is 37.8 Å². The van der Waals surface area contributed by atoms with E-state index in [0.29, 0.717) is 13.0 Å². The van der Waals surface area contributed by atoms with E-state index < -0.39 is 34.7 Å². The Hall–Kier alpha value is -2.80. The molecular weight excluding hydrogens is 425 g/mol. The molecule has 1 fully saturated rings. The Morgan fingerprint density at radius 1 is 1.28 bits per heavy atom. The van der Waals surface area contributed by atoms with Crippen molar-refractivity contribution in [2.45, 2.75) is 39.4 Å². The van der Waals surface area contributed by atoms with Crippen LogP contribution in [0, 0.1) is 16.7 Å². The zero-order valence-electron chi connectivity index (χ0n) is 18.8. The highest BCUT2D eigenvalue weighted by atomic mass is 19.4. The molecule has 2 amide bonds. The molecule has 7 nitrogen and oxygen atoms in total. The van der Waals surface area contributed by atoms with E-state index in [1.807, 2.05) is 6.92 Å². The first-order valence-electron chi connectivity index (χ1n) is 10.4. The molecule has 1 unspecified atom stereocenters. The highest BCUT2D eigenvalue weighted by Crippen LogP contribution is 2.35. The second-order valence-corrected chi connectivity index (χ2v) is 8.32. The smallest absolute Gasteiger partial charge is 0.383 e. The fourth-order valence-corrected chi connectivity index (χ4v) is 3.48. The van der Waals surface area contributed by atoms with Crippen molar-refractivity contribution in [1.82, 2.24) is 10.2 Å². The number of ether oxygens (including phenoxy) is 1. The number of alkyl halides is 3. The van der Waals surface area contributed by atoms with Crippen molar-refractivity contribution in [2.24, 2.45) is 5.41 Å². The molecule has 32 heavy (non-hydrogen) atoms. The SMILES string of the molecule is CCC(C)(C)C(=O)N1CCN(c2ccc(C#N)c(C(F)(F)F)c2)CC1C(=O)NCCOC. The van der Waals surface area contributed by atoms with Crippen LogP contribution in [0.3, 0.4) is 0 Å². The maximum atomic E-state index is 13.4. The zero-order valence-corrected chi connectivity index (χ0v) is 18.8. The molecule has 0 spiro atoms. The Morgan fingerprint density at radius 2 is 1.97 bits per heavy atom. The summed E-state index contributed by atoms with van der Waals surface area (Å²) in [5.41, 5.74) is -1.92. The van der Waals surface area contributed by atoms with E-state index >= 15 is 0 Å². The first-order valence-corrected chi connectivity index (χ1v) is 10.4. The molecule has 0 aromatic heterocycles. The van der Waals surface area contributed by atoms with Gasteiger partial charge in [0.15, 0.2) is 0 Å². The van der Waals surface area contributed by atoms with Gasteiger partial charge in [-0.25, -0.2) is 0 Å². The summed E-state index contributed by atoms with van der Waals surface area (Å²) in [7, 11) is 1.50. The Bertz CT molecular complexity index is 880. The number of amides is 2. The van der Waals surface area contributed by atoms with Gasteiger partial charge in [0, 0.05) is 44.4 Å². The average Bonchev–Trinajstić information content (AvgIpc) is 2.77. The van der Waals surface area contributed by atoms with Gasteiger partial charge in [-0.2, -0.15) is 18.4 Å². The quantitative estimate of drug-likeness (QED) is 0.641. The minimum Gasteiger partial charge on any atom is -0.383 e. The van der Waals surface area contributed by atoms with Gasteiger partial charge in [-0.1, -0.05) is 20.8 Å². The lowest BCUT2D eigenvalue weighted by Gasteiger charge is -2.44. The van der Waals surface area contributed by atoms with Gasteiger partial charge in [0.2, 0.25) is 11.8 Å². The van der Waals surface area contributed by atoms with E-state index in [1.54, 1.807) is 24.8 Å². The third kappa shape index (κ3) is 5.71. The molecule has 1 aliphatic rings. The van der Waals surface area contributed by atoms with Crippen LogP contribution in [0.4, 0.5) is 18.9 Å². The predicted molar refractivity (Wildman–Crippen MR) is 113 cm³/mol. The molecular formula is C22H29F3N4O3. The molecule has 1 atom stereocenters. The molecule has 1 aliphatic heterocycles. The number of piperazine rings is 1. The molecule has 2 rings (SSSR count). The van der Waals surface area contributed by atoms with Crippen LogP contribution in [-0.2, 0) is 20.5 Å². The lowest BCUT2D eigenvalue weighted by Crippen LogP contribution is -2.62. The first-order chi connectivity index (χ1) is 15.0. The summed E-state index contributed by atoms with van der Waals surface area (Å²) in [6.45, 7) is 6.52. The predicted octanol–water partition coefficient (Wildman–Crippen LogP) is 2.79. The second kappa shape index (κ2) is 10.2. The number of carbonyl (C=O) groups excluding carboxylic acids is 2. The molecule has 1 aromatic rings. The van der Waals surface area contributed by atoms with Crippen molar-refractivity contribution < 1.29 is 27.5 Å². The third-order valence-electron chi connectivity index (χ3n) is 5.81. The number of hydrogen-bond donors (Lipinski definition) is 1. The van der Waals surface area contributed by atoms with Gasteiger partial charge in [0.25, 0.3) is 0 Å². The van der Waals surface area contributed by atoms with Crippen molar-refractivity contribution in [3.63, 3.8) is 0 Å². The summed E-state index contributed by atoms with van der Waals surface area (Å²) in [4.78, 5) is 29.2. The van der Waals surface area contributed by atoms with Crippen molar-refractivity contribution in [3.8, 4) is 6.07 Å². The number of carbonyl (C=O) groups is 2. The summed E-state index contributed by atoms with van der Waals surface area (Å²) in [5.74, 6) is -0.570. The number of rotatable bonds is 7. The lowest BCUT2D eigenvalue weighted by molar-refractivity contribution is -0.148. The molecule has 0 radical (unpaired) electrons. The number of nitrogens with zero attached hydrogens (tertiary/aromatic N) is 3. The van der Waals surface area contributed by atoms with Crippen LogP contribution in [0.5, 0.6) is 0 Å². The molecule has 1 N–H and O–H groups in total. The van der Waals surface area contributed by atoms with E-state index in [0.717, 1.165) is 12.1 Å². The standard InChI is InChI=1S/C22H29F3N4O3/c1-5-21(2,3)20(31)29-10-9-28(14-18(29)19(30)27-8-11-32-4)16-7-6-15(13-26)17(12-16)22(23,24)25/h6-7,12,18H,5,8-11,14H2,1-4H3,(H,27,30). The Kier molecular flexibility index (Phi) is 8.13. The molecule has 0 bridgehead atoms. The van der Waals surface area contributed by atoms with Crippen LogP contribution in [0.1, 0.15) is 38.3 Å². The summed E-state index contributed by atoms with van der Waals surface area (Å²) >= 11 is 0. The summed E-state index contributed by atoms with van der Waals surface area (Å²) in [6.07, 6.45) is -4.10. The molecule has 176 valence electrons. The van der Waals surface area contributed by atoms with Crippen LogP contribution in [0.25, 0.3) is 0 Å². The minimum absolute atomic E-state index is 0.0353. The van der Waals surface area contributed by atoms with Crippen LogP contribution >= 0.6 is 0 Å². The molecule has 0 aliphatic carbocycles. The van der Waals surface area contributed by atoms with Crippen molar-refractivity contribution in [2.75, 3.05) is 44.8 Å². The van der Waals surface area contributed by atoms with Gasteiger partial charge in [-0.15, -0.1) is 0 Å². The monoisotopic (exact) mass is 454 g/mol. The zero-order chi connectivity index (χ0) is 24.1. The van der Waals surface area contributed by atoms with Gasteiger partial charge in [-0.3, -0.25) is 9.59 Å². The summed E-state index contributed by atoms with van der Waals surface area (Å²) < 4.78 is 45.1. The summed E-state index contributed by atoms with van der Waals surface area (Å²) in [5, 5.41) is 11.8. The molecule has 0 saturated carbocycles. The minimum atomic E-state index is -4.68. The van der Waals surface area contributed by atoms with Gasteiger partial charge < -0.3 is 19.9 Å². The second-order valence-electron chi connectivity index (χ2n) is 8.32. The maximum Gasteiger partial charge on any atom is 0.417 e. The Balaban J connectivity index is 2.35. The fourth-order valence-electron chi connectivity index (χ4n) is 3.48. The van der Waals surface area contributed by atoms with Crippen molar-refractivity contribution in [1.29, 1.82) is 5.26 Å². The van der Waals surface area contributed by atoms with Gasteiger partial charge in [0.1, 0.15) is 6.04 Å². The number of nitriles is 1. The molecule has 1 saturated heterocycles. The molecule has 1 aromatic carbocycles. The maximum absolute atomic E-state index is 13.4. The van der Waals surface area contributed by atoms with Crippen LogP contribution in [0.15, 0.2) is 18.2 Å². The van der Waals surface area contributed by atoms with Gasteiger partial charge in [0.05, 0.1) is 23.8 Å². The Labute approximate surface area is 186 Å². The van der Waals surface area contributed by atoms with E-state index in [2.05, 4.69) is 5.32 Å².